The van der Waals surface area contributed by atoms with Crippen molar-refractivity contribution in [2.24, 2.45) is 5.92 Å². The fourth-order valence-electron chi connectivity index (χ4n) is 3.21. The van der Waals surface area contributed by atoms with Crippen LogP contribution in [0.2, 0.25) is 0 Å². The highest BCUT2D eigenvalue weighted by molar-refractivity contribution is 5.45. The molecule has 3 heteroatoms. The van der Waals surface area contributed by atoms with Crippen LogP contribution in [0.4, 0.5) is 0 Å². The average molecular weight is 275 g/mol. The van der Waals surface area contributed by atoms with Gasteiger partial charge in [-0.1, -0.05) is 19.1 Å². The molecular weight excluding hydrogens is 250 g/mol. The highest BCUT2D eigenvalue weighted by Crippen LogP contribution is 2.37. The Bertz CT molecular complexity index is 441. The van der Waals surface area contributed by atoms with Crippen LogP contribution in [-0.2, 0) is 11.2 Å². The highest BCUT2D eigenvalue weighted by Gasteiger charge is 2.25. The van der Waals surface area contributed by atoms with E-state index in [2.05, 4.69) is 30.4 Å². The van der Waals surface area contributed by atoms with E-state index in [1.807, 2.05) is 0 Å². The summed E-state index contributed by atoms with van der Waals surface area (Å²) in [6.07, 6.45) is 4.65. The maximum absolute atomic E-state index is 6.08. The maximum atomic E-state index is 6.08. The van der Waals surface area contributed by atoms with Gasteiger partial charge in [-0.05, 0) is 49.4 Å². The highest BCUT2D eigenvalue weighted by atomic mass is 16.5. The minimum atomic E-state index is 0.517. The summed E-state index contributed by atoms with van der Waals surface area (Å²) in [5.41, 5.74) is 2.86. The van der Waals surface area contributed by atoms with Gasteiger partial charge in [0, 0.05) is 18.6 Å². The molecule has 0 spiro atoms. The van der Waals surface area contributed by atoms with E-state index in [9.17, 15) is 0 Å². The number of benzene rings is 1. The van der Waals surface area contributed by atoms with Crippen molar-refractivity contribution in [3.05, 3.63) is 29.3 Å². The van der Waals surface area contributed by atoms with E-state index in [0.717, 1.165) is 45.0 Å². The molecule has 1 saturated heterocycles. The second-order valence-corrected chi connectivity index (χ2v) is 5.91. The first-order chi connectivity index (χ1) is 9.88. The number of rotatable bonds is 6. The molecule has 0 bridgehead atoms. The van der Waals surface area contributed by atoms with Crippen LogP contribution >= 0.6 is 0 Å². The van der Waals surface area contributed by atoms with Gasteiger partial charge in [0.15, 0.2) is 0 Å². The summed E-state index contributed by atoms with van der Waals surface area (Å²) in [5.74, 6) is 1.66. The van der Waals surface area contributed by atoms with Crippen molar-refractivity contribution in [2.75, 3.05) is 26.4 Å². The maximum Gasteiger partial charge on any atom is 0.122 e. The van der Waals surface area contributed by atoms with Crippen molar-refractivity contribution < 1.29 is 9.47 Å². The average Bonchev–Trinajstić information content (AvgIpc) is 3.12. The summed E-state index contributed by atoms with van der Waals surface area (Å²) in [7, 11) is 0. The molecule has 1 aromatic carbocycles. The minimum absolute atomic E-state index is 0.517. The lowest BCUT2D eigenvalue weighted by Crippen LogP contribution is -2.19. The van der Waals surface area contributed by atoms with Gasteiger partial charge in [0.25, 0.3) is 0 Å². The smallest absolute Gasteiger partial charge is 0.122 e. The molecular formula is C17H25NO2. The quantitative estimate of drug-likeness (QED) is 0.865. The molecule has 20 heavy (non-hydrogen) atoms. The summed E-state index contributed by atoms with van der Waals surface area (Å²) in [4.78, 5) is 0. The second kappa shape index (κ2) is 6.59. The molecule has 3 rings (SSSR count). The first-order valence-corrected chi connectivity index (χ1v) is 7.94. The molecule has 1 fully saturated rings. The summed E-state index contributed by atoms with van der Waals surface area (Å²) in [6.45, 7) is 5.85. The Morgan fingerprint density at radius 1 is 1.35 bits per heavy atom. The topological polar surface area (TPSA) is 30.5 Å². The van der Waals surface area contributed by atoms with Gasteiger partial charge in [0.05, 0.1) is 13.2 Å². The molecule has 1 aliphatic heterocycles. The fraction of sp³-hybridized carbons (Fsp3) is 0.647. The third-order valence-electron chi connectivity index (χ3n) is 4.37. The molecule has 1 N–H and O–H groups in total. The molecule has 1 aromatic rings. The first kappa shape index (κ1) is 13.9. The zero-order chi connectivity index (χ0) is 13.8. The van der Waals surface area contributed by atoms with Crippen LogP contribution in [0.25, 0.3) is 0 Å². The van der Waals surface area contributed by atoms with E-state index >= 15 is 0 Å². The lowest BCUT2D eigenvalue weighted by atomic mass is 10.1. The van der Waals surface area contributed by atoms with Crippen molar-refractivity contribution in [3.63, 3.8) is 0 Å². The molecule has 1 aliphatic carbocycles. The van der Waals surface area contributed by atoms with Gasteiger partial charge in [-0.2, -0.15) is 0 Å². The SMILES string of the molecule is CCCNC1CCc2c(OCC3CCOC3)cccc21. The predicted octanol–water partition coefficient (Wildman–Crippen LogP) is 3.09. The number of ether oxygens (including phenoxy) is 2. The van der Waals surface area contributed by atoms with Crippen molar-refractivity contribution in [1.29, 1.82) is 0 Å². The van der Waals surface area contributed by atoms with E-state index in [1.54, 1.807) is 0 Å². The summed E-state index contributed by atoms with van der Waals surface area (Å²) >= 11 is 0. The van der Waals surface area contributed by atoms with E-state index in [4.69, 9.17) is 9.47 Å². The zero-order valence-electron chi connectivity index (χ0n) is 12.4. The van der Waals surface area contributed by atoms with Gasteiger partial charge in [-0.25, -0.2) is 0 Å². The molecule has 3 nitrogen and oxygen atoms in total. The number of fused-ring (bicyclic) bond motifs is 1. The fourth-order valence-corrected chi connectivity index (χ4v) is 3.21. The Morgan fingerprint density at radius 2 is 2.30 bits per heavy atom. The molecule has 0 saturated carbocycles. The molecule has 110 valence electrons. The molecule has 1 heterocycles. The Morgan fingerprint density at radius 3 is 3.10 bits per heavy atom. The molecule has 2 unspecified atom stereocenters. The lowest BCUT2D eigenvalue weighted by molar-refractivity contribution is 0.167. The number of hydrogen-bond donors (Lipinski definition) is 1. The summed E-state index contributed by atoms with van der Waals surface area (Å²) in [6, 6.07) is 7.02. The van der Waals surface area contributed by atoms with E-state index in [1.165, 1.54) is 24.0 Å². The number of hydrogen-bond acceptors (Lipinski definition) is 3. The summed E-state index contributed by atoms with van der Waals surface area (Å²) < 4.78 is 11.5. The van der Waals surface area contributed by atoms with Gasteiger partial charge in [0.2, 0.25) is 0 Å². The lowest BCUT2D eigenvalue weighted by Gasteiger charge is -2.16. The van der Waals surface area contributed by atoms with Gasteiger partial charge in [-0.15, -0.1) is 0 Å². The van der Waals surface area contributed by atoms with Crippen molar-refractivity contribution in [3.8, 4) is 5.75 Å². The van der Waals surface area contributed by atoms with Gasteiger partial charge >= 0.3 is 0 Å². The minimum Gasteiger partial charge on any atom is -0.493 e. The van der Waals surface area contributed by atoms with Crippen LogP contribution in [0, 0.1) is 5.92 Å². The first-order valence-electron chi connectivity index (χ1n) is 7.94. The molecule has 0 aromatic heterocycles. The Labute approximate surface area is 121 Å². The van der Waals surface area contributed by atoms with Gasteiger partial charge < -0.3 is 14.8 Å². The number of nitrogens with one attached hydrogen (secondary N) is 1. The summed E-state index contributed by atoms with van der Waals surface area (Å²) in [5, 5.41) is 3.64. The van der Waals surface area contributed by atoms with Gasteiger partial charge in [0.1, 0.15) is 5.75 Å². The Balaban J connectivity index is 1.65. The standard InChI is InChI=1S/C17H25NO2/c1-2-9-18-16-7-6-15-14(16)4-3-5-17(15)20-12-13-8-10-19-11-13/h3-5,13,16,18H,2,6-12H2,1H3. The monoisotopic (exact) mass is 275 g/mol. The van der Waals surface area contributed by atoms with E-state index in [-0.39, 0.29) is 0 Å². The van der Waals surface area contributed by atoms with Crippen LogP contribution < -0.4 is 10.1 Å². The molecule has 0 radical (unpaired) electrons. The van der Waals surface area contributed by atoms with Gasteiger partial charge in [-0.3, -0.25) is 0 Å². The Hall–Kier alpha value is -1.06. The normalized spacial score (nSPS) is 24.9. The van der Waals surface area contributed by atoms with E-state index in [0.29, 0.717) is 12.0 Å². The van der Waals surface area contributed by atoms with Crippen LogP contribution in [0.15, 0.2) is 18.2 Å². The van der Waals surface area contributed by atoms with Crippen LogP contribution in [-0.4, -0.2) is 26.4 Å². The van der Waals surface area contributed by atoms with Crippen LogP contribution in [0.1, 0.15) is 43.4 Å². The zero-order valence-corrected chi connectivity index (χ0v) is 12.4. The largest absolute Gasteiger partial charge is 0.493 e. The van der Waals surface area contributed by atoms with E-state index < -0.39 is 0 Å². The molecule has 0 amide bonds. The molecule has 2 atom stereocenters. The van der Waals surface area contributed by atoms with Crippen molar-refractivity contribution >= 4 is 0 Å². The third kappa shape index (κ3) is 2.99. The Kier molecular flexibility index (Phi) is 4.58. The second-order valence-electron chi connectivity index (χ2n) is 5.91. The van der Waals surface area contributed by atoms with Crippen molar-refractivity contribution in [1.82, 2.24) is 5.32 Å². The van der Waals surface area contributed by atoms with Crippen molar-refractivity contribution in [2.45, 2.75) is 38.6 Å². The molecule has 2 aliphatic rings. The van der Waals surface area contributed by atoms with Crippen LogP contribution in [0.3, 0.4) is 0 Å². The van der Waals surface area contributed by atoms with Crippen LogP contribution in [0.5, 0.6) is 5.75 Å². The predicted molar refractivity (Wildman–Crippen MR) is 80.2 cm³/mol. The third-order valence-corrected chi connectivity index (χ3v) is 4.37.